The molecular formula is C25H29NO2. The molecule has 2 aromatic carbocycles. The number of rotatable bonds is 4. The summed E-state index contributed by atoms with van der Waals surface area (Å²) in [5, 5.41) is 0. The Balaban J connectivity index is 1.54. The van der Waals surface area contributed by atoms with Crippen LogP contribution in [0.3, 0.4) is 0 Å². The van der Waals surface area contributed by atoms with E-state index in [9.17, 15) is 4.79 Å². The number of carbonyl (C=O) groups is 1. The lowest BCUT2D eigenvalue weighted by molar-refractivity contribution is 0.0510. The Bertz CT molecular complexity index is 856. The summed E-state index contributed by atoms with van der Waals surface area (Å²) in [6, 6.07) is 19.0. The number of benzene rings is 2. The first-order valence-corrected chi connectivity index (χ1v) is 10.4. The second-order valence-electron chi connectivity index (χ2n) is 8.24. The summed E-state index contributed by atoms with van der Waals surface area (Å²) < 4.78 is 5.66. The topological polar surface area (TPSA) is 29.5 Å². The molecule has 0 radical (unpaired) electrons. The number of ether oxygens (including phenoxy) is 1. The molecule has 1 amide bonds. The predicted octanol–water partition coefficient (Wildman–Crippen LogP) is 6.16. The van der Waals surface area contributed by atoms with Crippen molar-refractivity contribution in [1.82, 2.24) is 4.90 Å². The summed E-state index contributed by atoms with van der Waals surface area (Å²) in [5.74, 6) is 0.491. The summed E-state index contributed by atoms with van der Waals surface area (Å²) in [6.07, 6.45) is 6.31. The van der Waals surface area contributed by atoms with Gasteiger partial charge < -0.3 is 4.74 Å². The highest BCUT2D eigenvalue weighted by Gasteiger charge is 2.38. The van der Waals surface area contributed by atoms with Gasteiger partial charge in [-0.2, -0.15) is 0 Å². The maximum absolute atomic E-state index is 12.9. The SMILES string of the molecule is CC(C)c1ccccc1C1=CC2CCCC(C1)N2C(=O)OCc1ccccc1. The van der Waals surface area contributed by atoms with Crippen LogP contribution in [0.25, 0.3) is 5.57 Å². The van der Waals surface area contributed by atoms with Gasteiger partial charge in [0.1, 0.15) is 6.61 Å². The summed E-state index contributed by atoms with van der Waals surface area (Å²) in [5.41, 5.74) is 5.17. The van der Waals surface area contributed by atoms with Crippen molar-refractivity contribution in [3.05, 3.63) is 77.4 Å². The smallest absolute Gasteiger partial charge is 0.410 e. The Morgan fingerprint density at radius 3 is 2.57 bits per heavy atom. The van der Waals surface area contributed by atoms with E-state index < -0.39 is 0 Å². The molecule has 0 N–H and O–H groups in total. The van der Waals surface area contributed by atoms with Gasteiger partial charge in [-0.25, -0.2) is 4.79 Å². The first kappa shape index (κ1) is 18.8. The van der Waals surface area contributed by atoms with Gasteiger partial charge in [0, 0.05) is 6.04 Å². The van der Waals surface area contributed by atoms with E-state index in [1.54, 1.807) is 0 Å². The number of amides is 1. The van der Waals surface area contributed by atoms with Crippen LogP contribution in [0.5, 0.6) is 0 Å². The first-order chi connectivity index (χ1) is 13.6. The van der Waals surface area contributed by atoms with E-state index in [0.29, 0.717) is 12.5 Å². The highest BCUT2D eigenvalue weighted by Crippen LogP contribution is 2.39. The van der Waals surface area contributed by atoms with Crippen LogP contribution in [0.1, 0.15) is 62.1 Å². The average Bonchev–Trinajstić information content (AvgIpc) is 2.71. The molecule has 2 aliphatic heterocycles. The number of hydrogen-bond donors (Lipinski definition) is 0. The van der Waals surface area contributed by atoms with Gasteiger partial charge in [-0.1, -0.05) is 74.5 Å². The number of nitrogens with zero attached hydrogens (tertiary/aromatic N) is 1. The molecule has 4 rings (SSSR count). The molecule has 3 heteroatoms. The Labute approximate surface area is 168 Å². The van der Waals surface area contributed by atoms with E-state index in [1.807, 2.05) is 35.2 Å². The van der Waals surface area contributed by atoms with Crippen molar-refractivity contribution >= 4 is 11.7 Å². The minimum absolute atomic E-state index is 0.144. The molecule has 2 aliphatic rings. The highest BCUT2D eigenvalue weighted by atomic mass is 16.6. The molecule has 146 valence electrons. The molecule has 2 atom stereocenters. The standard InChI is InChI=1S/C25H29NO2/c1-18(2)23-13-6-7-14-24(23)20-15-21-11-8-12-22(16-20)26(21)25(27)28-17-19-9-4-3-5-10-19/h3-7,9-10,13-15,18,21-22H,8,11-12,16-17H2,1-2H3. The van der Waals surface area contributed by atoms with Crippen molar-refractivity contribution in [1.29, 1.82) is 0 Å². The van der Waals surface area contributed by atoms with Crippen molar-refractivity contribution in [2.24, 2.45) is 0 Å². The molecular weight excluding hydrogens is 346 g/mol. The van der Waals surface area contributed by atoms with Crippen molar-refractivity contribution in [3.63, 3.8) is 0 Å². The first-order valence-electron chi connectivity index (χ1n) is 10.4. The minimum atomic E-state index is -0.175. The number of fused-ring (bicyclic) bond motifs is 2. The van der Waals surface area contributed by atoms with Crippen LogP contribution in [0, 0.1) is 0 Å². The Morgan fingerprint density at radius 1 is 1.07 bits per heavy atom. The summed E-state index contributed by atoms with van der Waals surface area (Å²) in [7, 11) is 0. The Morgan fingerprint density at radius 2 is 1.82 bits per heavy atom. The molecule has 3 nitrogen and oxygen atoms in total. The maximum atomic E-state index is 12.9. The van der Waals surface area contributed by atoms with E-state index >= 15 is 0 Å². The van der Waals surface area contributed by atoms with Gasteiger partial charge in [-0.15, -0.1) is 0 Å². The van der Waals surface area contributed by atoms with E-state index in [2.05, 4.69) is 44.2 Å². The third-order valence-electron chi connectivity index (χ3n) is 5.98. The third-order valence-corrected chi connectivity index (χ3v) is 5.98. The van der Waals surface area contributed by atoms with Crippen LogP contribution in [-0.4, -0.2) is 23.1 Å². The van der Waals surface area contributed by atoms with Gasteiger partial charge >= 0.3 is 6.09 Å². The summed E-state index contributed by atoms with van der Waals surface area (Å²) in [6.45, 7) is 4.83. The summed E-state index contributed by atoms with van der Waals surface area (Å²) in [4.78, 5) is 14.9. The zero-order chi connectivity index (χ0) is 19.5. The predicted molar refractivity (Wildman–Crippen MR) is 113 cm³/mol. The molecule has 0 saturated carbocycles. The normalized spacial score (nSPS) is 21.4. The van der Waals surface area contributed by atoms with Crippen LogP contribution in [0.4, 0.5) is 4.79 Å². The summed E-state index contributed by atoms with van der Waals surface area (Å²) >= 11 is 0. The fourth-order valence-corrected chi connectivity index (χ4v) is 4.60. The van der Waals surface area contributed by atoms with E-state index in [-0.39, 0.29) is 18.2 Å². The monoisotopic (exact) mass is 375 g/mol. The second-order valence-corrected chi connectivity index (χ2v) is 8.24. The Hall–Kier alpha value is -2.55. The van der Waals surface area contributed by atoms with Gasteiger partial charge in [0.05, 0.1) is 6.04 Å². The lowest BCUT2D eigenvalue weighted by Crippen LogP contribution is -2.51. The fraction of sp³-hybridized carbons (Fsp3) is 0.400. The van der Waals surface area contributed by atoms with E-state index in [4.69, 9.17) is 4.74 Å². The second kappa shape index (κ2) is 8.22. The third kappa shape index (κ3) is 3.84. The average molecular weight is 376 g/mol. The molecule has 2 heterocycles. The van der Waals surface area contributed by atoms with E-state index in [1.165, 1.54) is 23.1 Å². The zero-order valence-corrected chi connectivity index (χ0v) is 16.8. The van der Waals surface area contributed by atoms with Gasteiger partial charge in [0.15, 0.2) is 0 Å². The molecule has 2 aromatic rings. The Kier molecular flexibility index (Phi) is 5.52. The highest BCUT2D eigenvalue weighted by molar-refractivity contribution is 5.75. The van der Waals surface area contributed by atoms with Crippen LogP contribution in [-0.2, 0) is 11.3 Å². The maximum Gasteiger partial charge on any atom is 0.410 e. The van der Waals surface area contributed by atoms with Gasteiger partial charge in [-0.05, 0) is 53.9 Å². The number of carbonyl (C=O) groups excluding carboxylic acids is 1. The number of piperidine rings is 1. The van der Waals surface area contributed by atoms with Gasteiger partial charge in [0.2, 0.25) is 0 Å². The molecule has 0 aromatic heterocycles. The molecule has 1 fully saturated rings. The van der Waals surface area contributed by atoms with Crippen LogP contribution in [0.2, 0.25) is 0 Å². The van der Waals surface area contributed by atoms with Crippen LogP contribution >= 0.6 is 0 Å². The quantitative estimate of drug-likeness (QED) is 0.641. The van der Waals surface area contributed by atoms with Gasteiger partial charge in [-0.3, -0.25) is 4.90 Å². The van der Waals surface area contributed by atoms with Crippen LogP contribution in [0.15, 0.2) is 60.7 Å². The fourth-order valence-electron chi connectivity index (χ4n) is 4.60. The molecule has 2 bridgehead atoms. The molecule has 1 saturated heterocycles. The molecule has 0 aliphatic carbocycles. The van der Waals surface area contributed by atoms with Crippen molar-refractivity contribution in [2.45, 2.75) is 64.1 Å². The van der Waals surface area contributed by atoms with Crippen LogP contribution < -0.4 is 0 Å². The molecule has 0 spiro atoms. The molecule has 2 unspecified atom stereocenters. The largest absolute Gasteiger partial charge is 0.445 e. The van der Waals surface area contributed by atoms with Crippen molar-refractivity contribution in [2.75, 3.05) is 0 Å². The van der Waals surface area contributed by atoms with E-state index in [0.717, 1.165) is 24.8 Å². The van der Waals surface area contributed by atoms with Crippen molar-refractivity contribution < 1.29 is 9.53 Å². The zero-order valence-electron chi connectivity index (χ0n) is 16.8. The minimum Gasteiger partial charge on any atom is -0.445 e. The van der Waals surface area contributed by atoms with Crippen molar-refractivity contribution in [3.8, 4) is 0 Å². The lowest BCUT2D eigenvalue weighted by Gasteiger charge is -2.44. The number of hydrogen-bond acceptors (Lipinski definition) is 2. The molecule has 28 heavy (non-hydrogen) atoms. The lowest BCUT2D eigenvalue weighted by atomic mass is 9.81. The van der Waals surface area contributed by atoms with Gasteiger partial charge in [0.25, 0.3) is 0 Å².